The van der Waals surface area contributed by atoms with Gasteiger partial charge in [0.2, 0.25) is 0 Å². The number of hydrogen-bond donors (Lipinski definition) is 3. The smallest absolute Gasteiger partial charge is 0.309 e. The third-order valence-corrected chi connectivity index (χ3v) is 2.41. The highest BCUT2D eigenvalue weighted by Gasteiger charge is 2.12. The number of nitrogens with one attached hydrogen (secondary N) is 2. The van der Waals surface area contributed by atoms with Crippen LogP contribution in [0.4, 0.5) is 0 Å². The van der Waals surface area contributed by atoms with Crippen molar-refractivity contribution in [2.45, 2.75) is 19.9 Å². The van der Waals surface area contributed by atoms with E-state index in [9.17, 15) is 9.59 Å². The molecule has 0 unspecified atom stereocenters. The maximum atomic E-state index is 11.3. The van der Waals surface area contributed by atoms with Gasteiger partial charge in [0.1, 0.15) is 0 Å². The Balaban J connectivity index is 3.79. The van der Waals surface area contributed by atoms with Crippen LogP contribution in [0.2, 0.25) is 0 Å². The van der Waals surface area contributed by atoms with Crippen molar-refractivity contribution in [2.24, 2.45) is 5.73 Å². The number of thiocarbonyl (C=S) groups is 1. The minimum absolute atomic E-state index is 0.0352. The highest BCUT2D eigenvalue weighted by Crippen LogP contribution is 1.90. The van der Waals surface area contributed by atoms with Gasteiger partial charge in [0.25, 0.3) is 0 Å². The Kier molecular flexibility index (Phi) is 7.40. The fourth-order valence-corrected chi connectivity index (χ4v) is 1.00. The summed E-state index contributed by atoms with van der Waals surface area (Å²) in [5, 5.41) is 4.83. The largest absolute Gasteiger partial charge is 0.392 e. The number of amides is 2. The summed E-state index contributed by atoms with van der Waals surface area (Å²) in [4.78, 5) is 24.7. The molecule has 0 saturated carbocycles. The van der Waals surface area contributed by atoms with Crippen LogP contribution in [0, 0.1) is 0 Å². The molecule has 0 aromatic rings. The first-order chi connectivity index (χ1) is 7.84. The quantitative estimate of drug-likeness (QED) is 0.414. The molecule has 98 valence electrons. The van der Waals surface area contributed by atoms with E-state index in [1.807, 2.05) is 7.05 Å². The van der Waals surface area contributed by atoms with Gasteiger partial charge in [-0.1, -0.05) is 12.2 Å². The number of carbonyl (C=O) groups is 2. The second-order valence-electron chi connectivity index (χ2n) is 3.98. The number of nitrogens with two attached hydrogens (primary N) is 1. The van der Waals surface area contributed by atoms with Crippen molar-refractivity contribution in [1.82, 2.24) is 15.5 Å². The molecule has 0 fully saturated rings. The van der Waals surface area contributed by atoms with Gasteiger partial charge >= 0.3 is 11.8 Å². The van der Waals surface area contributed by atoms with Crippen LogP contribution >= 0.6 is 12.2 Å². The summed E-state index contributed by atoms with van der Waals surface area (Å²) in [7, 11) is 1.95. The van der Waals surface area contributed by atoms with Crippen molar-refractivity contribution in [2.75, 3.05) is 26.7 Å². The number of likely N-dealkylation sites (N-methyl/N-ethyl adjacent to an activating group) is 1. The first-order valence-electron chi connectivity index (χ1n) is 5.39. The molecule has 6 nitrogen and oxygen atoms in total. The molecule has 0 aliphatic rings. The monoisotopic (exact) mass is 260 g/mol. The zero-order valence-electron chi connectivity index (χ0n) is 10.4. The van der Waals surface area contributed by atoms with E-state index in [1.54, 1.807) is 0 Å². The van der Waals surface area contributed by atoms with Crippen LogP contribution < -0.4 is 16.4 Å². The van der Waals surface area contributed by atoms with Gasteiger partial charge in [0.15, 0.2) is 0 Å². The maximum absolute atomic E-state index is 11.3. The van der Waals surface area contributed by atoms with E-state index in [-0.39, 0.29) is 11.5 Å². The van der Waals surface area contributed by atoms with Crippen LogP contribution in [-0.4, -0.2) is 54.4 Å². The predicted molar refractivity (Wildman–Crippen MR) is 70.6 cm³/mol. The van der Waals surface area contributed by atoms with Crippen molar-refractivity contribution in [1.29, 1.82) is 0 Å². The molecule has 0 aromatic heterocycles. The highest BCUT2D eigenvalue weighted by atomic mass is 32.1. The van der Waals surface area contributed by atoms with Crippen molar-refractivity contribution in [3.63, 3.8) is 0 Å². The summed E-state index contributed by atoms with van der Waals surface area (Å²) in [6.07, 6.45) is 0. The molecule has 0 saturated heterocycles. The van der Waals surface area contributed by atoms with Crippen molar-refractivity contribution in [3.8, 4) is 0 Å². The molecule has 0 aliphatic heterocycles. The van der Waals surface area contributed by atoms with Gasteiger partial charge in [-0.3, -0.25) is 9.59 Å². The standard InChI is InChI=1S/C10H20N4O2S/c1-7(2)14(3)5-4-12-9(15)10(16)13-6-8(11)17/h7H,4-6H2,1-3H3,(H2,11,17)(H,12,15)(H,13,16). The molecular formula is C10H20N4O2S. The summed E-state index contributed by atoms with van der Waals surface area (Å²) in [6, 6.07) is 0.398. The van der Waals surface area contributed by atoms with Gasteiger partial charge in [-0.25, -0.2) is 0 Å². The maximum Gasteiger partial charge on any atom is 0.309 e. The lowest BCUT2D eigenvalue weighted by molar-refractivity contribution is -0.139. The Bertz CT molecular complexity index is 294. The van der Waals surface area contributed by atoms with Crippen molar-refractivity contribution >= 4 is 29.0 Å². The molecule has 17 heavy (non-hydrogen) atoms. The van der Waals surface area contributed by atoms with Gasteiger partial charge < -0.3 is 21.3 Å². The van der Waals surface area contributed by atoms with E-state index in [2.05, 4.69) is 41.6 Å². The predicted octanol–water partition coefficient (Wildman–Crippen LogP) is -1.15. The van der Waals surface area contributed by atoms with E-state index in [0.29, 0.717) is 19.1 Å². The van der Waals surface area contributed by atoms with E-state index < -0.39 is 11.8 Å². The SMILES string of the molecule is CC(C)N(C)CCNC(=O)C(=O)NCC(N)=S. The van der Waals surface area contributed by atoms with Gasteiger partial charge in [-0.15, -0.1) is 0 Å². The van der Waals surface area contributed by atoms with Crippen LogP contribution in [0.3, 0.4) is 0 Å². The Labute approximate surface area is 107 Å². The lowest BCUT2D eigenvalue weighted by atomic mass is 10.3. The van der Waals surface area contributed by atoms with Crippen molar-refractivity contribution < 1.29 is 9.59 Å². The molecule has 0 spiro atoms. The average molecular weight is 260 g/mol. The van der Waals surface area contributed by atoms with E-state index >= 15 is 0 Å². The normalized spacial score (nSPS) is 10.4. The fraction of sp³-hybridized carbons (Fsp3) is 0.700. The summed E-state index contributed by atoms with van der Waals surface area (Å²) in [5.74, 6) is -1.39. The third kappa shape index (κ3) is 7.64. The minimum atomic E-state index is -0.718. The summed E-state index contributed by atoms with van der Waals surface area (Å²) in [5.41, 5.74) is 5.19. The van der Waals surface area contributed by atoms with Crippen molar-refractivity contribution in [3.05, 3.63) is 0 Å². The zero-order chi connectivity index (χ0) is 13.4. The van der Waals surface area contributed by atoms with Crippen LogP contribution in [0.25, 0.3) is 0 Å². The van der Waals surface area contributed by atoms with Crippen LogP contribution in [-0.2, 0) is 9.59 Å². The van der Waals surface area contributed by atoms with Gasteiger partial charge in [0.05, 0.1) is 11.5 Å². The number of carbonyl (C=O) groups excluding carboxylic acids is 2. The molecule has 0 atom stereocenters. The second kappa shape index (κ2) is 7.97. The molecule has 0 rings (SSSR count). The molecule has 2 amide bonds. The van der Waals surface area contributed by atoms with Crippen LogP contribution in [0.1, 0.15) is 13.8 Å². The molecule has 0 aliphatic carbocycles. The molecule has 0 heterocycles. The Hall–Kier alpha value is -1.21. The highest BCUT2D eigenvalue weighted by molar-refractivity contribution is 7.80. The summed E-state index contributed by atoms with van der Waals surface area (Å²) < 4.78 is 0. The Morgan fingerprint density at radius 1 is 1.29 bits per heavy atom. The molecule has 4 N–H and O–H groups in total. The minimum Gasteiger partial charge on any atom is -0.392 e. The number of hydrogen-bond acceptors (Lipinski definition) is 4. The second-order valence-corrected chi connectivity index (χ2v) is 4.50. The first-order valence-corrected chi connectivity index (χ1v) is 5.80. The molecule has 0 radical (unpaired) electrons. The number of nitrogens with zero attached hydrogens (tertiary/aromatic N) is 1. The Morgan fingerprint density at radius 3 is 2.29 bits per heavy atom. The lowest BCUT2D eigenvalue weighted by Crippen LogP contribution is -2.45. The van der Waals surface area contributed by atoms with E-state index in [4.69, 9.17) is 5.73 Å². The first kappa shape index (κ1) is 15.8. The Morgan fingerprint density at radius 2 is 1.82 bits per heavy atom. The van der Waals surface area contributed by atoms with Gasteiger partial charge in [0, 0.05) is 19.1 Å². The van der Waals surface area contributed by atoms with Crippen LogP contribution in [0.5, 0.6) is 0 Å². The van der Waals surface area contributed by atoms with E-state index in [0.717, 1.165) is 0 Å². The van der Waals surface area contributed by atoms with Gasteiger partial charge in [-0.05, 0) is 20.9 Å². The summed E-state index contributed by atoms with van der Waals surface area (Å²) >= 11 is 4.58. The van der Waals surface area contributed by atoms with Gasteiger partial charge in [-0.2, -0.15) is 0 Å². The molecular weight excluding hydrogens is 240 g/mol. The fourth-order valence-electron chi connectivity index (χ4n) is 0.932. The summed E-state index contributed by atoms with van der Waals surface area (Å²) in [6.45, 7) is 5.25. The molecule has 0 bridgehead atoms. The third-order valence-electron chi connectivity index (χ3n) is 2.26. The molecule has 0 aromatic carbocycles. The molecule has 7 heteroatoms. The van der Waals surface area contributed by atoms with E-state index in [1.165, 1.54) is 0 Å². The lowest BCUT2D eigenvalue weighted by Gasteiger charge is -2.20. The zero-order valence-corrected chi connectivity index (χ0v) is 11.3. The topological polar surface area (TPSA) is 87.5 Å². The number of rotatable bonds is 6. The van der Waals surface area contributed by atoms with Crippen LogP contribution in [0.15, 0.2) is 0 Å². The average Bonchev–Trinajstić information content (AvgIpc) is 2.25.